The summed E-state index contributed by atoms with van der Waals surface area (Å²) < 4.78 is 13.2. The number of rotatable bonds is 6. The van der Waals surface area contributed by atoms with Crippen LogP contribution in [0.1, 0.15) is 15.2 Å². The number of urea groups is 1. The molecule has 3 N–H and O–H groups in total. The van der Waals surface area contributed by atoms with E-state index in [0.717, 1.165) is 6.42 Å². The molecule has 5 nitrogen and oxygen atoms in total. The summed E-state index contributed by atoms with van der Waals surface area (Å²) in [5.41, 5.74) is 1.22. The van der Waals surface area contributed by atoms with Crippen LogP contribution in [-0.4, -0.2) is 18.5 Å². The number of amides is 3. The lowest BCUT2D eigenvalue weighted by atomic mass is 10.2. The van der Waals surface area contributed by atoms with E-state index in [-0.39, 0.29) is 11.9 Å². The van der Waals surface area contributed by atoms with Crippen LogP contribution in [0.3, 0.4) is 0 Å². The van der Waals surface area contributed by atoms with Crippen LogP contribution in [0.2, 0.25) is 0 Å². The molecule has 0 unspecified atom stereocenters. The fraction of sp³-hybridized carbons (Fsp3) is 0.100. The second-order valence-corrected chi connectivity index (χ2v) is 6.79. The Bertz CT molecular complexity index is 928. The van der Waals surface area contributed by atoms with Crippen LogP contribution < -0.4 is 16.0 Å². The third kappa shape index (κ3) is 5.65. The van der Waals surface area contributed by atoms with E-state index >= 15 is 0 Å². The van der Waals surface area contributed by atoms with Gasteiger partial charge in [0.25, 0.3) is 5.91 Å². The number of hydrogen-bond donors (Lipinski definition) is 3. The van der Waals surface area contributed by atoms with Gasteiger partial charge in [0.15, 0.2) is 0 Å². The van der Waals surface area contributed by atoms with Crippen molar-refractivity contribution in [1.82, 2.24) is 5.32 Å². The third-order valence-corrected chi connectivity index (χ3v) is 4.64. The van der Waals surface area contributed by atoms with Gasteiger partial charge in [-0.2, -0.15) is 0 Å². The highest BCUT2D eigenvalue weighted by molar-refractivity contribution is 7.09. The van der Waals surface area contributed by atoms with Gasteiger partial charge in [-0.1, -0.05) is 18.2 Å². The summed E-state index contributed by atoms with van der Waals surface area (Å²) in [6, 6.07) is 15.9. The molecule has 0 saturated carbocycles. The molecule has 1 heterocycles. The van der Waals surface area contributed by atoms with E-state index in [2.05, 4.69) is 16.0 Å². The number of thiophene rings is 1. The summed E-state index contributed by atoms with van der Waals surface area (Å²) in [6.45, 7) is 0.520. The first kappa shape index (κ1) is 18.6. The van der Waals surface area contributed by atoms with E-state index in [0.29, 0.717) is 23.5 Å². The molecular formula is C20H18FN3O2S. The monoisotopic (exact) mass is 383 g/mol. The molecule has 138 valence electrons. The lowest BCUT2D eigenvalue weighted by Gasteiger charge is -2.09. The molecule has 0 aliphatic rings. The zero-order valence-corrected chi connectivity index (χ0v) is 15.2. The number of hydrogen-bond acceptors (Lipinski definition) is 3. The second kappa shape index (κ2) is 8.95. The summed E-state index contributed by atoms with van der Waals surface area (Å²) in [5, 5.41) is 10.1. The Morgan fingerprint density at radius 1 is 0.926 bits per heavy atom. The molecule has 0 atom stereocenters. The van der Waals surface area contributed by atoms with Crippen LogP contribution in [0.25, 0.3) is 0 Å². The fourth-order valence-corrected chi connectivity index (χ4v) is 3.15. The summed E-state index contributed by atoms with van der Waals surface area (Å²) in [5.74, 6) is -0.815. The van der Waals surface area contributed by atoms with Gasteiger partial charge >= 0.3 is 6.03 Å². The van der Waals surface area contributed by atoms with Gasteiger partial charge in [0.05, 0.1) is 0 Å². The van der Waals surface area contributed by atoms with Crippen LogP contribution in [0.15, 0.2) is 66.0 Å². The van der Waals surface area contributed by atoms with E-state index < -0.39 is 5.82 Å². The normalized spacial score (nSPS) is 10.3. The van der Waals surface area contributed by atoms with Crippen LogP contribution >= 0.6 is 11.3 Å². The Labute approximate surface area is 160 Å². The number of carbonyl (C=O) groups is 2. The minimum Gasteiger partial charge on any atom is -0.338 e. The van der Waals surface area contributed by atoms with Crippen molar-refractivity contribution in [1.29, 1.82) is 0 Å². The number of anilines is 2. The van der Waals surface area contributed by atoms with Crippen molar-refractivity contribution in [3.63, 3.8) is 0 Å². The van der Waals surface area contributed by atoms with Gasteiger partial charge in [-0.3, -0.25) is 4.79 Å². The maximum Gasteiger partial charge on any atom is 0.319 e. The highest BCUT2D eigenvalue weighted by atomic mass is 32.1. The zero-order valence-electron chi connectivity index (χ0n) is 14.4. The van der Waals surface area contributed by atoms with E-state index in [1.54, 1.807) is 41.7 Å². The van der Waals surface area contributed by atoms with Crippen LogP contribution in [-0.2, 0) is 6.42 Å². The molecule has 0 fully saturated rings. The number of nitrogens with one attached hydrogen (secondary N) is 3. The smallest absolute Gasteiger partial charge is 0.319 e. The van der Waals surface area contributed by atoms with Crippen molar-refractivity contribution in [2.45, 2.75) is 6.42 Å². The highest BCUT2D eigenvalue weighted by Crippen LogP contribution is 2.14. The number of halogens is 1. The molecule has 3 amide bonds. The molecule has 3 aromatic rings. The van der Waals surface area contributed by atoms with Gasteiger partial charge in [0.2, 0.25) is 0 Å². The molecule has 0 bridgehead atoms. The SMILES string of the molecule is O=C(NCCc1cccs1)Nc1cccc(C(=O)Nc2cccc(F)c2)c1. The first-order valence-electron chi connectivity index (χ1n) is 8.34. The average Bonchev–Trinajstić information content (AvgIpc) is 3.15. The van der Waals surface area contributed by atoms with Crippen molar-refractivity contribution in [2.75, 3.05) is 17.2 Å². The summed E-state index contributed by atoms with van der Waals surface area (Å²) in [7, 11) is 0. The number of benzene rings is 2. The van der Waals surface area contributed by atoms with Gasteiger partial charge in [0.1, 0.15) is 5.82 Å². The van der Waals surface area contributed by atoms with Crippen molar-refractivity contribution in [3.8, 4) is 0 Å². The lowest BCUT2D eigenvalue weighted by Crippen LogP contribution is -2.30. The predicted molar refractivity (Wildman–Crippen MR) is 106 cm³/mol. The average molecular weight is 383 g/mol. The van der Waals surface area contributed by atoms with Crippen LogP contribution in [0.4, 0.5) is 20.6 Å². The maximum atomic E-state index is 13.2. The van der Waals surface area contributed by atoms with Crippen molar-refractivity contribution in [3.05, 3.63) is 82.3 Å². The van der Waals surface area contributed by atoms with Gasteiger partial charge in [0, 0.05) is 28.4 Å². The molecule has 0 aliphatic heterocycles. The maximum absolute atomic E-state index is 13.2. The summed E-state index contributed by atoms with van der Waals surface area (Å²) >= 11 is 1.65. The molecule has 0 aliphatic carbocycles. The molecule has 0 radical (unpaired) electrons. The summed E-state index contributed by atoms with van der Waals surface area (Å²) in [4.78, 5) is 25.5. The molecule has 3 rings (SSSR count). The van der Waals surface area contributed by atoms with Gasteiger partial charge in [-0.25, -0.2) is 9.18 Å². The largest absolute Gasteiger partial charge is 0.338 e. The lowest BCUT2D eigenvalue weighted by molar-refractivity contribution is 0.102. The van der Waals surface area contributed by atoms with Crippen molar-refractivity contribution in [2.24, 2.45) is 0 Å². The van der Waals surface area contributed by atoms with Gasteiger partial charge < -0.3 is 16.0 Å². The fourth-order valence-electron chi connectivity index (χ4n) is 2.44. The quantitative estimate of drug-likeness (QED) is 0.586. The van der Waals surface area contributed by atoms with E-state index in [4.69, 9.17) is 0 Å². The minimum absolute atomic E-state index is 0.339. The topological polar surface area (TPSA) is 70.2 Å². The van der Waals surface area contributed by atoms with Gasteiger partial charge in [-0.15, -0.1) is 11.3 Å². The van der Waals surface area contributed by atoms with Crippen LogP contribution in [0.5, 0.6) is 0 Å². The molecular weight excluding hydrogens is 365 g/mol. The molecule has 7 heteroatoms. The Balaban J connectivity index is 1.54. The molecule has 0 spiro atoms. The molecule has 2 aromatic carbocycles. The third-order valence-electron chi connectivity index (χ3n) is 3.70. The Morgan fingerprint density at radius 3 is 2.44 bits per heavy atom. The predicted octanol–water partition coefficient (Wildman–Crippen LogP) is 4.50. The zero-order chi connectivity index (χ0) is 19.1. The van der Waals surface area contributed by atoms with E-state index in [9.17, 15) is 14.0 Å². The van der Waals surface area contributed by atoms with Gasteiger partial charge in [-0.05, 0) is 54.3 Å². The van der Waals surface area contributed by atoms with Crippen molar-refractivity contribution >= 4 is 34.6 Å². The second-order valence-electron chi connectivity index (χ2n) is 5.76. The first-order chi connectivity index (χ1) is 13.1. The van der Waals surface area contributed by atoms with Crippen LogP contribution in [0, 0.1) is 5.82 Å². The Kier molecular flexibility index (Phi) is 6.17. The van der Waals surface area contributed by atoms with E-state index in [1.807, 2.05) is 17.5 Å². The molecule has 27 heavy (non-hydrogen) atoms. The molecule has 1 aromatic heterocycles. The number of carbonyl (C=O) groups excluding carboxylic acids is 2. The first-order valence-corrected chi connectivity index (χ1v) is 9.22. The standard InChI is InChI=1S/C20H18FN3O2S/c21-15-5-2-7-17(13-15)23-19(25)14-4-1-6-16(12-14)24-20(26)22-10-9-18-8-3-11-27-18/h1-8,11-13H,9-10H2,(H,23,25)(H2,22,24,26). The minimum atomic E-state index is -0.428. The van der Waals surface area contributed by atoms with E-state index in [1.165, 1.54) is 23.1 Å². The van der Waals surface area contributed by atoms with Crippen molar-refractivity contribution < 1.29 is 14.0 Å². The Morgan fingerprint density at radius 2 is 1.70 bits per heavy atom. The molecule has 0 saturated heterocycles. The Hall–Kier alpha value is -3.19. The summed E-state index contributed by atoms with van der Waals surface area (Å²) in [6.07, 6.45) is 0.765. The highest BCUT2D eigenvalue weighted by Gasteiger charge is 2.09.